The van der Waals surface area contributed by atoms with Gasteiger partial charge in [-0.05, 0) is 54.4 Å². The first-order valence-electron chi connectivity index (χ1n) is 9.45. The molecule has 2 N–H and O–H groups in total. The lowest BCUT2D eigenvalue weighted by Crippen LogP contribution is -2.23. The third kappa shape index (κ3) is 5.23. The number of hydrogen-bond acceptors (Lipinski definition) is 3. The molecule has 148 valence electrons. The van der Waals surface area contributed by atoms with E-state index in [9.17, 15) is 9.59 Å². The van der Waals surface area contributed by atoms with E-state index in [1.165, 1.54) is 0 Å². The number of carbonyl (C=O) groups excluding carboxylic acids is 2. The Balaban J connectivity index is 1.66. The van der Waals surface area contributed by atoms with Crippen LogP contribution in [0.1, 0.15) is 31.8 Å². The minimum atomic E-state index is -0.202. The normalized spacial score (nSPS) is 10.3. The maximum atomic E-state index is 12.6. The molecular formula is C24H25N3O2. The second-order valence-electron chi connectivity index (χ2n) is 7.09. The van der Waals surface area contributed by atoms with Crippen molar-refractivity contribution in [3.8, 4) is 0 Å². The monoisotopic (exact) mass is 387 g/mol. The molecule has 0 fully saturated rings. The van der Waals surface area contributed by atoms with Gasteiger partial charge in [0.2, 0.25) is 0 Å². The topological polar surface area (TPSA) is 61.4 Å². The van der Waals surface area contributed by atoms with Crippen molar-refractivity contribution in [2.75, 3.05) is 24.3 Å². The fourth-order valence-corrected chi connectivity index (χ4v) is 2.88. The van der Waals surface area contributed by atoms with Crippen LogP contribution < -0.4 is 15.5 Å². The third-order valence-electron chi connectivity index (χ3n) is 4.69. The zero-order valence-corrected chi connectivity index (χ0v) is 16.9. The quantitative estimate of drug-likeness (QED) is 0.665. The number of amides is 2. The number of aryl methyl sites for hydroxylation is 1. The van der Waals surface area contributed by atoms with Crippen molar-refractivity contribution < 1.29 is 9.59 Å². The zero-order valence-electron chi connectivity index (χ0n) is 16.9. The van der Waals surface area contributed by atoms with Crippen LogP contribution in [0.15, 0.2) is 72.8 Å². The highest BCUT2D eigenvalue weighted by Crippen LogP contribution is 2.18. The molecule has 0 aliphatic carbocycles. The minimum absolute atomic E-state index is 0.183. The second-order valence-corrected chi connectivity index (χ2v) is 7.09. The van der Waals surface area contributed by atoms with Crippen molar-refractivity contribution >= 4 is 23.2 Å². The number of nitrogens with zero attached hydrogens (tertiary/aromatic N) is 1. The molecule has 0 spiro atoms. The summed E-state index contributed by atoms with van der Waals surface area (Å²) in [6, 6.07) is 22.3. The van der Waals surface area contributed by atoms with Crippen molar-refractivity contribution in [3.63, 3.8) is 0 Å². The fraction of sp³-hybridized carbons (Fsp3) is 0.167. The van der Waals surface area contributed by atoms with Crippen LogP contribution in [0.4, 0.5) is 11.4 Å². The Hall–Kier alpha value is -3.60. The third-order valence-corrected chi connectivity index (χ3v) is 4.69. The van der Waals surface area contributed by atoms with Crippen molar-refractivity contribution in [1.29, 1.82) is 0 Å². The first-order chi connectivity index (χ1) is 13.9. The summed E-state index contributed by atoms with van der Waals surface area (Å²) < 4.78 is 0. The summed E-state index contributed by atoms with van der Waals surface area (Å²) in [6.45, 7) is 2.33. The van der Waals surface area contributed by atoms with Gasteiger partial charge >= 0.3 is 0 Å². The minimum Gasteiger partial charge on any atom is -0.378 e. The molecular weight excluding hydrogens is 362 g/mol. The molecule has 0 aliphatic heterocycles. The Morgan fingerprint density at radius 1 is 0.828 bits per heavy atom. The Kier molecular flexibility index (Phi) is 6.29. The molecule has 0 bridgehead atoms. The van der Waals surface area contributed by atoms with Crippen molar-refractivity contribution in [1.82, 2.24) is 5.32 Å². The van der Waals surface area contributed by atoms with E-state index in [1.807, 2.05) is 74.4 Å². The van der Waals surface area contributed by atoms with Crippen LogP contribution in [-0.4, -0.2) is 25.9 Å². The van der Waals surface area contributed by atoms with Crippen LogP contribution in [0.2, 0.25) is 0 Å². The number of rotatable bonds is 6. The van der Waals surface area contributed by atoms with E-state index in [1.54, 1.807) is 24.3 Å². The molecule has 3 rings (SSSR count). The average Bonchev–Trinajstić information content (AvgIpc) is 2.74. The van der Waals surface area contributed by atoms with Crippen molar-refractivity contribution in [3.05, 3.63) is 95.1 Å². The summed E-state index contributed by atoms with van der Waals surface area (Å²) in [7, 11) is 3.98. The van der Waals surface area contributed by atoms with Gasteiger partial charge in [-0.1, -0.05) is 36.4 Å². The van der Waals surface area contributed by atoms with E-state index in [2.05, 4.69) is 10.6 Å². The molecule has 0 heterocycles. The standard InChI is InChI=1S/C24H25N3O2/c1-17-9-12-20(15-22(17)26-24(29)19-7-5-4-6-8-19)23(28)25-16-18-10-13-21(14-11-18)27(2)3/h4-15H,16H2,1-3H3,(H,25,28)(H,26,29). The van der Waals surface area contributed by atoms with Crippen LogP contribution in [-0.2, 0) is 6.54 Å². The molecule has 5 nitrogen and oxygen atoms in total. The number of hydrogen-bond donors (Lipinski definition) is 2. The van der Waals surface area contributed by atoms with E-state index in [-0.39, 0.29) is 11.8 Å². The van der Waals surface area contributed by atoms with E-state index in [4.69, 9.17) is 0 Å². The van der Waals surface area contributed by atoms with Gasteiger partial charge in [0.15, 0.2) is 0 Å². The average molecular weight is 387 g/mol. The lowest BCUT2D eigenvalue weighted by Gasteiger charge is -2.13. The largest absolute Gasteiger partial charge is 0.378 e. The number of anilines is 2. The van der Waals surface area contributed by atoms with Crippen LogP contribution in [0.5, 0.6) is 0 Å². The Labute approximate surface area is 171 Å². The van der Waals surface area contributed by atoms with Gasteiger partial charge in [0.05, 0.1) is 0 Å². The van der Waals surface area contributed by atoms with Gasteiger partial charge in [0.25, 0.3) is 11.8 Å². The molecule has 0 saturated carbocycles. The molecule has 29 heavy (non-hydrogen) atoms. The lowest BCUT2D eigenvalue weighted by molar-refractivity contribution is 0.0949. The SMILES string of the molecule is Cc1ccc(C(=O)NCc2ccc(N(C)C)cc2)cc1NC(=O)c1ccccc1. The molecule has 3 aromatic rings. The molecule has 0 aromatic heterocycles. The number of nitrogens with one attached hydrogen (secondary N) is 2. The van der Waals surface area contributed by atoms with E-state index >= 15 is 0 Å². The van der Waals surface area contributed by atoms with E-state index in [0.717, 1.165) is 16.8 Å². The van der Waals surface area contributed by atoms with Crippen LogP contribution in [0.25, 0.3) is 0 Å². The van der Waals surface area contributed by atoms with Crippen molar-refractivity contribution in [2.45, 2.75) is 13.5 Å². The molecule has 3 aromatic carbocycles. The molecule has 2 amide bonds. The van der Waals surface area contributed by atoms with Gasteiger partial charge in [0.1, 0.15) is 0 Å². The molecule has 0 atom stereocenters. The second kappa shape index (κ2) is 9.06. The number of benzene rings is 3. The first-order valence-corrected chi connectivity index (χ1v) is 9.45. The smallest absolute Gasteiger partial charge is 0.255 e. The lowest BCUT2D eigenvalue weighted by atomic mass is 10.1. The van der Waals surface area contributed by atoms with Crippen molar-refractivity contribution in [2.24, 2.45) is 0 Å². The summed E-state index contributed by atoms with van der Waals surface area (Å²) in [6.07, 6.45) is 0. The Morgan fingerprint density at radius 2 is 1.52 bits per heavy atom. The molecule has 5 heteroatoms. The molecule has 0 unspecified atom stereocenters. The van der Waals surface area contributed by atoms with Gasteiger partial charge in [0, 0.05) is 43.1 Å². The first kappa shape index (κ1) is 20.1. The highest BCUT2D eigenvalue weighted by Gasteiger charge is 2.11. The van der Waals surface area contributed by atoms with Crippen LogP contribution >= 0.6 is 0 Å². The van der Waals surface area contributed by atoms with Gasteiger partial charge < -0.3 is 15.5 Å². The predicted octanol–water partition coefficient (Wildman–Crippen LogP) is 4.24. The maximum absolute atomic E-state index is 12.6. The molecule has 0 radical (unpaired) electrons. The van der Waals surface area contributed by atoms with Crippen LogP contribution in [0, 0.1) is 6.92 Å². The summed E-state index contributed by atoms with van der Waals surface area (Å²) >= 11 is 0. The summed E-state index contributed by atoms with van der Waals surface area (Å²) in [4.78, 5) is 27.0. The summed E-state index contributed by atoms with van der Waals surface area (Å²) in [5.41, 5.74) is 4.73. The molecule has 0 aliphatic rings. The van der Waals surface area contributed by atoms with E-state index < -0.39 is 0 Å². The van der Waals surface area contributed by atoms with Gasteiger partial charge in [-0.25, -0.2) is 0 Å². The Morgan fingerprint density at radius 3 is 2.17 bits per heavy atom. The molecule has 0 saturated heterocycles. The fourth-order valence-electron chi connectivity index (χ4n) is 2.88. The van der Waals surface area contributed by atoms with Gasteiger partial charge in [-0.15, -0.1) is 0 Å². The summed E-state index contributed by atoms with van der Waals surface area (Å²) in [5.74, 6) is -0.385. The van der Waals surface area contributed by atoms with Crippen LogP contribution in [0.3, 0.4) is 0 Å². The number of carbonyl (C=O) groups is 2. The van der Waals surface area contributed by atoms with Gasteiger partial charge in [-0.3, -0.25) is 9.59 Å². The highest BCUT2D eigenvalue weighted by atomic mass is 16.2. The van der Waals surface area contributed by atoms with Gasteiger partial charge in [-0.2, -0.15) is 0 Å². The summed E-state index contributed by atoms with van der Waals surface area (Å²) in [5, 5.41) is 5.82. The maximum Gasteiger partial charge on any atom is 0.255 e. The predicted molar refractivity (Wildman–Crippen MR) is 118 cm³/mol. The Bertz CT molecular complexity index is 996. The highest BCUT2D eigenvalue weighted by molar-refractivity contribution is 6.05. The van der Waals surface area contributed by atoms with E-state index in [0.29, 0.717) is 23.4 Å². The zero-order chi connectivity index (χ0) is 20.8.